The van der Waals surface area contributed by atoms with Crippen molar-refractivity contribution >= 4 is 56.9 Å². The van der Waals surface area contributed by atoms with Crippen molar-refractivity contribution in [2.45, 2.75) is 19.3 Å². The molecule has 36 heavy (non-hydrogen) atoms. The van der Waals surface area contributed by atoms with Crippen LogP contribution in [-0.2, 0) is 24.1 Å². The number of alkyl halides is 3. The van der Waals surface area contributed by atoms with Crippen LogP contribution in [0.2, 0.25) is 4.34 Å². The first-order valence-corrected chi connectivity index (χ1v) is 12.2. The molecule has 0 spiro atoms. The SMILES string of the molecule is O=CCn1cc(Br)cc(-c2cc(NCc3ccc(Cl)s3)n(C(=O)c3ccccc3C(F)(F)F)n2)c1=O. The Balaban J connectivity index is 1.83. The highest BCUT2D eigenvalue weighted by Crippen LogP contribution is 2.33. The summed E-state index contributed by atoms with van der Waals surface area (Å²) in [4.78, 5) is 38.0. The third kappa shape index (κ3) is 5.45. The van der Waals surface area contributed by atoms with Crippen LogP contribution in [0.5, 0.6) is 0 Å². The van der Waals surface area contributed by atoms with E-state index < -0.39 is 28.8 Å². The summed E-state index contributed by atoms with van der Waals surface area (Å²) in [6.45, 7) is -0.0152. The number of hydrogen-bond acceptors (Lipinski definition) is 6. The fourth-order valence-electron chi connectivity index (χ4n) is 3.45. The van der Waals surface area contributed by atoms with Crippen molar-refractivity contribution in [2.24, 2.45) is 0 Å². The van der Waals surface area contributed by atoms with Gasteiger partial charge in [-0.2, -0.15) is 23.0 Å². The van der Waals surface area contributed by atoms with Crippen LogP contribution in [-0.4, -0.2) is 26.5 Å². The number of anilines is 1. The second-order valence-corrected chi connectivity index (χ2v) is 10.1. The second-order valence-electron chi connectivity index (χ2n) is 7.43. The van der Waals surface area contributed by atoms with Gasteiger partial charge in [0.1, 0.15) is 17.8 Å². The zero-order valence-electron chi connectivity index (χ0n) is 18.1. The molecule has 0 aliphatic rings. The molecule has 0 unspecified atom stereocenters. The Morgan fingerprint density at radius 2 is 1.94 bits per heavy atom. The number of aromatic nitrogens is 3. The highest BCUT2D eigenvalue weighted by molar-refractivity contribution is 9.10. The minimum atomic E-state index is -4.77. The van der Waals surface area contributed by atoms with Gasteiger partial charge >= 0.3 is 6.18 Å². The first-order valence-electron chi connectivity index (χ1n) is 10.2. The minimum absolute atomic E-state index is 0.0329. The van der Waals surface area contributed by atoms with Crippen LogP contribution in [0.4, 0.5) is 19.0 Å². The highest BCUT2D eigenvalue weighted by atomic mass is 79.9. The molecule has 4 aromatic rings. The molecule has 0 saturated carbocycles. The van der Waals surface area contributed by atoms with Crippen LogP contribution in [0, 0.1) is 0 Å². The number of carbonyl (C=O) groups excluding carboxylic acids is 2. The van der Waals surface area contributed by atoms with Gasteiger partial charge in [0.2, 0.25) is 0 Å². The average molecular weight is 600 g/mol. The summed E-state index contributed by atoms with van der Waals surface area (Å²) in [6.07, 6.45) is -2.80. The van der Waals surface area contributed by atoms with Crippen molar-refractivity contribution in [3.05, 3.63) is 89.9 Å². The number of hydrogen-bond donors (Lipinski definition) is 1. The maximum Gasteiger partial charge on any atom is 0.417 e. The van der Waals surface area contributed by atoms with Gasteiger partial charge in [-0.05, 0) is 46.3 Å². The van der Waals surface area contributed by atoms with Crippen LogP contribution >= 0.6 is 38.9 Å². The molecule has 4 rings (SSSR count). The average Bonchev–Trinajstić information content (AvgIpc) is 3.45. The van der Waals surface area contributed by atoms with Gasteiger partial charge in [0, 0.05) is 21.6 Å². The first-order chi connectivity index (χ1) is 17.1. The van der Waals surface area contributed by atoms with Gasteiger partial charge in [0.15, 0.2) is 0 Å². The summed E-state index contributed by atoms with van der Waals surface area (Å²) in [5.41, 5.74) is -2.20. The number of pyridine rings is 1. The van der Waals surface area contributed by atoms with E-state index in [4.69, 9.17) is 11.6 Å². The molecule has 1 aromatic carbocycles. The Morgan fingerprint density at radius 1 is 1.19 bits per heavy atom. The maximum atomic E-state index is 13.6. The second kappa shape index (κ2) is 10.4. The lowest BCUT2D eigenvalue weighted by atomic mass is 10.1. The number of rotatable bonds is 7. The molecule has 0 fully saturated rings. The van der Waals surface area contributed by atoms with E-state index in [-0.39, 0.29) is 30.2 Å². The van der Waals surface area contributed by atoms with Gasteiger partial charge in [-0.15, -0.1) is 11.3 Å². The van der Waals surface area contributed by atoms with E-state index >= 15 is 0 Å². The topological polar surface area (TPSA) is 86.0 Å². The van der Waals surface area contributed by atoms with Crippen LogP contribution < -0.4 is 10.9 Å². The molecule has 3 aromatic heterocycles. The Kier molecular flexibility index (Phi) is 7.48. The van der Waals surface area contributed by atoms with Crippen LogP contribution in [0.3, 0.4) is 0 Å². The van der Waals surface area contributed by atoms with E-state index in [0.29, 0.717) is 15.1 Å². The number of carbonyl (C=O) groups is 2. The van der Waals surface area contributed by atoms with Gasteiger partial charge < -0.3 is 14.7 Å². The number of aldehydes is 1. The van der Waals surface area contributed by atoms with E-state index in [1.165, 1.54) is 41.8 Å². The van der Waals surface area contributed by atoms with Gasteiger partial charge in [-0.25, -0.2) is 0 Å². The van der Waals surface area contributed by atoms with Crippen molar-refractivity contribution in [3.8, 4) is 11.3 Å². The number of benzene rings is 1. The molecule has 186 valence electrons. The maximum absolute atomic E-state index is 13.6. The van der Waals surface area contributed by atoms with Crippen molar-refractivity contribution < 1.29 is 22.8 Å². The Hall–Kier alpha value is -3.22. The summed E-state index contributed by atoms with van der Waals surface area (Å²) in [7, 11) is 0. The summed E-state index contributed by atoms with van der Waals surface area (Å²) in [5.74, 6) is -0.970. The van der Waals surface area contributed by atoms with E-state index in [0.717, 1.165) is 26.3 Å². The van der Waals surface area contributed by atoms with Gasteiger partial charge in [-0.1, -0.05) is 23.7 Å². The Labute approximate surface area is 219 Å². The molecular weight excluding hydrogens is 585 g/mol. The molecule has 0 amide bonds. The molecule has 1 N–H and O–H groups in total. The van der Waals surface area contributed by atoms with Crippen LogP contribution in [0.15, 0.2) is 64.0 Å². The lowest BCUT2D eigenvalue weighted by Gasteiger charge is -2.13. The van der Waals surface area contributed by atoms with Crippen molar-refractivity contribution in [2.75, 3.05) is 5.32 Å². The molecule has 7 nitrogen and oxygen atoms in total. The predicted molar refractivity (Wildman–Crippen MR) is 134 cm³/mol. The standard InChI is InChI=1S/C23H15BrClF3N4O3S/c24-13-9-16(21(34)31(12-13)7-8-33)18-10-20(29-11-14-5-6-19(25)36-14)32(30-18)22(35)15-3-1-2-4-17(15)23(26,27)28/h1-6,8-10,12,29H,7,11H2. The normalized spacial score (nSPS) is 11.5. The van der Waals surface area contributed by atoms with E-state index in [2.05, 4.69) is 26.3 Å². The fraction of sp³-hybridized carbons (Fsp3) is 0.130. The monoisotopic (exact) mass is 598 g/mol. The molecule has 0 aliphatic heterocycles. The number of nitrogens with one attached hydrogen (secondary N) is 1. The predicted octanol–water partition coefficient (Wildman–Crippen LogP) is 5.71. The zero-order chi connectivity index (χ0) is 26.0. The lowest BCUT2D eigenvalue weighted by Crippen LogP contribution is -2.23. The molecule has 3 heterocycles. The van der Waals surface area contributed by atoms with E-state index in [1.807, 2.05) is 0 Å². The third-order valence-corrected chi connectivity index (χ3v) is 6.70. The fourth-order valence-corrected chi connectivity index (χ4v) is 4.95. The summed E-state index contributed by atoms with van der Waals surface area (Å²) >= 11 is 10.5. The van der Waals surface area contributed by atoms with Crippen LogP contribution in [0.25, 0.3) is 11.3 Å². The third-order valence-electron chi connectivity index (χ3n) is 5.04. The van der Waals surface area contributed by atoms with Crippen molar-refractivity contribution in [1.29, 1.82) is 0 Å². The summed E-state index contributed by atoms with van der Waals surface area (Å²) < 4.78 is 43.7. The Morgan fingerprint density at radius 3 is 2.61 bits per heavy atom. The largest absolute Gasteiger partial charge is 0.417 e. The van der Waals surface area contributed by atoms with Crippen molar-refractivity contribution in [1.82, 2.24) is 14.3 Å². The van der Waals surface area contributed by atoms with Crippen LogP contribution in [0.1, 0.15) is 20.8 Å². The van der Waals surface area contributed by atoms with E-state index in [9.17, 15) is 27.6 Å². The number of halogens is 5. The minimum Gasteiger partial charge on any atom is -0.365 e. The molecule has 0 bridgehead atoms. The smallest absolute Gasteiger partial charge is 0.365 e. The molecule has 0 radical (unpaired) electrons. The van der Waals surface area contributed by atoms with Crippen molar-refractivity contribution in [3.63, 3.8) is 0 Å². The zero-order valence-corrected chi connectivity index (χ0v) is 21.2. The van der Waals surface area contributed by atoms with Gasteiger partial charge in [0.25, 0.3) is 11.5 Å². The summed E-state index contributed by atoms with van der Waals surface area (Å²) in [5, 5.41) is 7.18. The van der Waals surface area contributed by atoms with E-state index in [1.54, 1.807) is 12.1 Å². The number of nitrogens with zero attached hydrogens (tertiary/aromatic N) is 3. The Bertz CT molecular complexity index is 1510. The molecule has 0 atom stereocenters. The van der Waals surface area contributed by atoms with Gasteiger partial charge in [0.05, 0.1) is 34.1 Å². The molecular formula is C23H15BrClF3N4O3S. The summed E-state index contributed by atoms with van der Waals surface area (Å²) in [6, 6.07) is 10.7. The molecule has 0 aliphatic carbocycles. The number of thiophene rings is 1. The molecule has 0 saturated heterocycles. The van der Waals surface area contributed by atoms with Gasteiger partial charge in [-0.3, -0.25) is 9.59 Å². The quantitative estimate of drug-likeness (QED) is 0.275. The lowest BCUT2D eigenvalue weighted by molar-refractivity contribution is -0.138. The highest BCUT2D eigenvalue weighted by Gasteiger charge is 2.36. The first kappa shape index (κ1) is 25.9. The molecule has 13 heteroatoms.